The van der Waals surface area contributed by atoms with Crippen molar-refractivity contribution in [2.24, 2.45) is 28.6 Å². The number of halogens is 2. The number of fused-ring (bicyclic) bond motifs is 5. The molecule has 3 nitrogen and oxygen atoms in total. The quantitative estimate of drug-likeness (QED) is 0.623. The normalized spacial score (nSPS) is 45.8. The van der Waals surface area contributed by atoms with Gasteiger partial charge in [0.2, 0.25) is 0 Å². The van der Waals surface area contributed by atoms with E-state index >= 15 is 0 Å². The van der Waals surface area contributed by atoms with Gasteiger partial charge < -0.3 is 4.74 Å². The van der Waals surface area contributed by atoms with Crippen molar-refractivity contribution in [1.29, 1.82) is 0 Å². The summed E-state index contributed by atoms with van der Waals surface area (Å²) < 4.78 is 33.0. The number of esters is 1. The lowest BCUT2D eigenvalue weighted by Gasteiger charge is -2.55. The van der Waals surface area contributed by atoms with Gasteiger partial charge in [0, 0.05) is 16.9 Å². The van der Waals surface area contributed by atoms with Crippen LogP contribution in [0.4, 0.5) is 8.78 Å². The third-order valence-corrected chi connectivity index (χ3v) is 6.94. The van der Waals surface area contributed by atoms with Crippen LogP contribution >= 0.6 is 0 Å². The Labute approximate surface area is 145 Å². The van der Waals surface area contributed by atoms with Crippen LogP contribution in [0, 0.1) is 28.6 Å². The van der Waals surface area contributed by atoms with Crippen molar-refractivity contribution in [3.05, 3.63) is 47.6 Å². The molecule has 2 saturated carbocycles. The maximum absolute atomic E-state index is 13.9. The van der Waals surface area contributed by atoms with Crippen LogP contribution in [-0.4, -0.2) is 18.4 Å². The molecule has 0 aromatic rings. The van der Waals surface area contributed by atoms with E-state index in [9.17, 15) is 18.4 Å². The molecule has 1 heterocycles. The topological polar surface area (TPSA) is 43.4 Å². The second-order valence-corrected chi connectivity index (χ2v) is 7.96. The van der Waals surface area contributed by atoms with Crippen LogP contribution in [0.15, 0.2) is 47.6 Å². The minimum Gasteiger partial charge on any atom is -0.465 e. The first-order valence-electron chi connectivity index (χ1n) is 8.61. The molecule has 25 heavy (non-hydrogen) atoms. The number of rotatable bonds is 0. The average molecular weight is 346 g/mol. The predicted molar refractivity (Wildman–Crippen MR) is 87.5 cm³/mol. The fourth-order valence-corrected chi connectivity index (χ4v) is 5.45. The van der Waals surface area contributed by atoms with Gasteiger partial charge in [0.1, 0.15) is 0 Å². The number of ether oxygens (including phenoxy) is 1. The molecule has 5 atom stereocenters. The Bertz CT molecular complexity index is 791. The molecule has 1 saturated heterocycles. The van der Waals surface area contributed by atoms with Crippen molar-refractivity contribution in [1.82, 2.24) is 0 Å². The van der Waals surface area contributed by atoms with E-state index < -0.39 is 10.8 Å². The number of hydrogen-bond donors (Lipinski definition) is 0. The molecule has 0 amide bonds. The van der Waals surface area contributed by atoms with Gasteiger partial charge in [0.25, 0.3) is 0 Å². The summed E-state index contributed by atoms with van der Waals surface area (Å²) in [5.74, 6) is -0.997. The highest BCUT2D eigenvalue weighted by Gasteiger charge is 2.62. The van der Waals surface area contributed by atoms with Crippen LogP contribution in [0.5, 0.6) is 0 Å². The van der Waals surface area contributed by atoms with Crippen LogP contribution in [0.25, 0.3) is 0 Å². The first-order chi connectivity index (χ1) is 11.9. The van der Waals surface area contributed by atoms with E-state index in [4.69, 9.17) is 4.74 Å². The number of cyclic esters (lactones) is 1. The number of carbonyl (C=O) groups is 2. The average Bonchev–Trinajstić information content (AvgIpc) is 2.90. The number of ketones is 1. The monoisotopic (exact) mass is 346 g/mol. The highest BCUT2D eigenvalue weighted by Crippen LogP contribution is 2.64. The van der Waals surface area contributed by atoms with E-state index in [-0.39, 0.29) is 47.3 Å². The molecule has 0 bridgehead atoms. The maximum atomic E-state index is 13.9. The Morgan fingerprint density at radius 3 is 2.64 bits per heavy atom. The Hall–Kier alpha value is -2.04. The minimum atomic E-state index is -0.664. The van der Waals surface area contributed by atoms with E-state index in [1.54, 1.807) is 0 Å². The summed E-state index contributed by atoms with van der Waals surface area (Å²) in [4.78, 5) is 24.1. The molecule has 4 aliphatic rings. The standard InChI is InChI=1S/C20H20F2O3/c1-19-5-3-11(23)7-15(19)12(8-21)13(9-22)17-14(19)4-6-20(2)16(17)10-25-18(20)24/h3,5,7-9,14,16-17H,4,6,10H2,1-2H3/b12-8+,13-9-/t14-,16-,17+,19+,20-/m0/s1. The molecular weight excluding hydrogens is 326 g/mol. The van der Waals surface area contributed by atoms with Gasteiger partial charge in [-0.25, -0.2) is 8.78 Å². The van der Waals surface area contributed by atoms with Crippen LogP contribution in [-0.2, 0) is 14.3 Å². The van der Waals surface area contributed by atoms with Gasteiger partial charge in [-0.2, -0.15) is 0 Å². The fourth-order valence-electron chi connectivity index (χ4n) is 5.45. The van der Waals surface area contributed by atoms with Gasteiger partial charge in [-0.3, -0.25) is 9.59 Å². The molecular formula is C20H20F2O3. The van der Waals surface area contributed by atoms with Crippen LogP contribution in [0.3, 0.4) is 0 Å². The van der Waals surface area contributed by atoms with Gasteiger partial charge in [-0.15, -0.1) is 0 Å². The van der Waals surface area contributed by atoms with Crippen molar-refractivity contribution in [3.63, 3.8) is 0 Å². The van der Waals surface area contributed by atoms with E-state index in [0.717, 1.165) is 0 Å². The molecule has 0 N–H and O–H groups in total. The Morgan fingerprint density at radius 1 is 1.20 bits per heavy atom. The maximum Gasteiger partial charge on any atom is 0.312 e. The molecule has 0 aromatic heterocycles. The van der Waals surface area contributed by atoms with E-state index in [2.05, 4.69) is 0 Å². The molecule has 3 aliphatic carbocycles. The number of hydrogen-bond acceptors (Lipinski definition) is 3. The van der Waals surface area contributed by atoms with E-state index in [1.165, 1.54) is 12.2 Å². The van der Waals surface area contributed by atoms with E-state index in [0.29, 0.717) is 31.1 Å². The molecule has 0 aromatic carbocycles. The summed E-state index contributed by atoms with van der Waals surface area (Å²) in [6.45, 7) is 4.06. The van der Waals surface area contributed by atoms with Crippen molar-refractivity contribution in [2.75, 3.05) is 6.61 Å². The molecule has 5 heteroatoms. The zero-order valence-electron chi connectivity index (χ0n) is 14.2. The van der Waals surface area contributed by atoms with Crippen molar-refractivity contribution in [2.45, 2.75) is 26.7 Å². The lowest BCUT2D eigenvalue weighted by atomic mass is 9.46. The molecule has 1 aliphatic heterocycles. The Balaban J connectivity index is 1.91. The summed E-state index contributed by atoms with van der Waals surface area (Å²) >= 11 is 0. The predicted octanol–water partition coefficient (Wildman–Crippen LogP) is 3.98. The molecule has 132 valence electrons. The third-order valence-electron chi connectivity index (χ3n) is 6.94. The second kappa shape index (κ2) is 5.23. The van der Waals surface area contributed by atoms with Crippen molar-refractivity contribution >= 4 is 11.8 Å². The van der Waals surface area contributed by atoms with Gasteiger partial charge in [0.05, 0.1) is 24.7 Å². The second-order valence-electron chi connectivity index (χ2n) is 7.96. The third kappa shape index (κ3) is 1.95. The van der Waals surface area contributed by atoms with E-state index in [1.807, 2.05) is 19.9 Å². The molecule has 4 rings (SSSR count). The highest BCUT2D eigenvalue weighted by molar-refractivity contribution is 6.02. The van der Waals surface area contributed by atoms with Gasteiger partial charge in [-0.1, -0.05) is 13.0 Å². The summed E-state index contributed by atoms with van der Waals surface area (Å²) in [5, 5.41) is 0. The molecule has 0 spiro atoms. The molecule has 3 fully saturated rings. The first kappa shape index (κ1) is 16.4. The summed E-state index contributed by atoms with van der Waals surface area (Å²) in [6.07, 6.45) is 6.91. The number of allylic oxidation sites excluding steroid dienone is 6. The fraction of sp³-hybridized carbons (Fsp3) is 0.500. The lowest BCUT2D eigenvalue weighted by Crippen LogP contribution is -2.51. The van der Waals surface area contributed by atoms with Gasteiger partial charge in [0.15, 0.2) is 5.78 Å². The van der Waals surface area contributed by atoms with Gasteiger partial charge in [-0.05, 0) is 54.9 Å². The van der Waals surface area contributed by atoms with Gasteiger partial charge >= 0.3 is 5.97 Å². The largest absolute Gasteiger partial charge is 0.465 e. The smallest absolute Gasteiger partial charge is 0.312 e. The van der Waals surface area contributed by atoms with Crippen molar-refractivity contribution in [3.8, 4) is 0 Å². The Kier molecular flexibility index (Phi) is 3.44. The zero-order chi connectivity index (χ0) is 18.0. The molecule has 0 unspecified atom stereocenters. The Morgan fingerprint density at radius 2 is 1.96 bits per heavy atom. The van der Waals surface area contributed by atoms with Crippen LogP contribution < -0.4 is 0 Å². The SMILES string of the molecule is C[C@]12C=CC(=O)C=C1C(=C/F)/C(=C/F)[C@@H]1[C@@H]2CC[C@]2(C)C(=O)OC[C@@H]12. The summed E-state index contributed by atoms with van der Waals surface area (Å²) in [7, 11) is 0. The minimum absolute atomic E-state index is 0.0126. The van der Waals surface area contributed by atoms with Crippen molar-refractivity contribution < 1.29 is 23.1 Å². The van der Waals surface area contributed by atoms with Crippen LogP contribution in [0.1, 0.15) is 26.7 Å². The lowest BCUT2D eigenvalue weighted by molar-refractivity contribution is -0.147. The van der Waals surface area contributed by atoms with Crippen LogP contribution in [0.2, 0.25) is 0 Å². The summed E-state index contributed by atoms with van der Waals surface area (Å²) in [6, 6.07) is 0. The first-order valence-corrected chi connectivity index (χ1v) is 8.61. The number of carbonyl (C=O) groups excluding carboxylic acids is 2. The zero-order valence-corrected chi connectivity index (χ0v) is 14.2. The highest BCUT2D eigenvalue weighted by atomic mass is 19.1. The molecule has 0 radical (unpaired) electrons. The summed E-state index contributed by atoms with van der Waals surface area (Å²) in [5.41, 5.74) is -0.318.